The zero-order chi connectivity index (χ0) is 14.8. The largest absolute Gasteiger partial charge is 0.508 e. The maximum absolute atomic E-state index is 14.9. The molecule has 3 aliphatic rings. The van der Waals surface area contributed by atoms with E-state index in [2.05, 4.69) is 0 Å². The SMILES string of the molecule is CC12CC(F)C3c4ccc(O)cc4CCC3C1CCC2=O. The topological polar surface area (TPSA) is 37.3 Å². The van der Waals surface area contributed by atoms with Gasteiger partial charge in [-0.05, 0) is 60.8 Å². The minimum atomic E-state index is -0.943. The first-order chi connectivity index (χ1) is 10.0. The second-order valence-electron chi connectivity index (χ2n) is 7.32. The molecular formula is C18H21FO2. The van der Waals surface area contributed by atoms with Crippen LogP contribution in [0.25, 0.3) is 0 Å². The summed E-state index contributed by atoms with van der Waals surface area (Å²) in [6, 6.07) is 5.35. The van der Waals surface area contributed by atoms with E-state index in [4.69, 9.17) is 0 Å². The summed E-state index contributed by atoms with van der Waals surface area (Å²) < 4.78 is 14.9. The first-order valence-corrected chi connectivity index (χ1v) is 8.00. The van der Waals surface area contributed by atoms with Crippen LogP contribution >= 0.6 is 0 Å². The molecule has 2 fully saturated rings. The molecule has 0 spiro atoms. The zero-order valence-corrected chi connectivity index (χ0v) is 12.3. The molecular weight excluding hydrogens is 267 g/mol. The highest BCUT2D eigenvalue weighted by Gasteiger charge is 2.58. The number of carbonyl (C=O) groups excluding carboxylic acids is 1. The van der Waals surface area contributed by atoms with E-state index < -0.39 is 11.6 Å². The van der Waals surface area contributed by atoms with Gasteiger partial charge in [0.2, 0.25) is 0 Å². The van der Waals surface area contributed by atoms with Crippen molar-refractivity contribution in [2.24, 2.45) is 17.3 Å². The summed E-state index contributed by atoms with van der Waals surface area (Å²) >= 11 is 0. The first-order valence-electron chi connectivity index (χ1n) is 8.00. The Morgan fingerprint density at radius 1 is 1.29 bits per heavy atom. The Labute approximate surface area is 124 Å². The Kier molecular flexibility index (Phi) is 2.73. The maximum Gasteiger partial charge on any atom is 0.139 e. The van der Waals surface area contributed by atoms with Crippen LogP contribution in [0.1, 0.15) is 49.7 Å². The molecule has 1 N–H and O–H groups in total. The third-order valence-electron chi connectivity index (χ3n) is 6.36. The van der Waals surface area contributed by atoms with E-state index in [-0.39, 0.29) is 23.4 Å². The van der Waals surface area contributed by atoms with E-state index in [9.17, 15) is 14.3 Å². The Bertz CT molecular complexity index is 611. The van der Waals surface area contributed by atoms with Gasteiger partial charge < -0.3 is 5.11 Å². The van der Waals surface area contributed by atoms with Gasteiger partial charge in [0.15, 0.2) is 0 Å². The fourth-order valence-corrected chi connectivity index (χ4v) is 5.36. The number of halogens is 1. The van der Waals surface area contributed by atoms with Gasteiger partial charge in [-0.15, -0.1) is 0 Å². The van der Waals surface area contributed by atoms with Gasteiger partial charge in [0.1, 0.15) is 17.7 Å². The summed E-state index contributed by atoms with van der Waals surface area (Å²) in [5, 5.41) is 9.64. The zero-order valence-electron chi connectivity index (χ0n) is 12.3. The Balaban J connectivity index is 1.78. The smallest absolute Gasteiger partial charge is 0.139 e. The van der Waals surface area contributed by atoms with Crippen molar-refractivity contribution in [3.8, 4) is 5.75 Å². The van der Waals surface area contributed by atoms with E-state index in [0.29, 0.717) is 18.8 Å². The molecule has 0 radical (unpaired) electrons. The van der Waals surface area contributed by atoms with Crippen molar-refractivity contribution in [2.45, 2.75) is 51.1 Å². The molecule has 0 heterocycles. The average molecular weight is 288 g/mol. The van der Waals surface area contributed by atoms with Crippen molar-refractivity contribution < 1.29 is 14.3 Å². The highest BCUT2D eigenvalue weighted by molar-refractivity contribution is 5.87. The highest BCUT2D eigenvalue weighted by Crippen LogP contribution is 2.60. The summed E-state index contributed by atoms with van der Waals surface area (Å²) in [6.45, 7) is 1.99. The lowest BCUT2D eigenvalue weighted by molar-refractivity contribution is -0.131. The fourth-order valence-electron chi connectivity index (χ4n) is 5.36. The number of rotatable bonds is 0. The Morgan fingerprint density at radius 2 is 2.10 bits per heavy atom. The monoisotopic (exact) mass is 288 g/mol. The number of benzene rings is 1. The van der Waals surface area contributed by atoms with E-state index >= 15 is 0 Å². The molecule has 3 heteroatoms. The normalized spacial score (nSPS) is 41.3. The molecule has 0 amide bonds. The number of aromatic hydroxyl groups is 1. The number of ketones is 1. The van der Waals surface area contributed by atoms with Crippen LogP contribution in [0.4, 0.5) is 4.39 Å². The van der Waals surface area contributed by atoms with Crippen LogP contribution in [0.5, 0.6) is 5.75 Å². The van der Waals surface area contributed by atoms with Gasteiger partial charge in [0, 0.05) is 17.8 Å². The summed E-state index contributed by atoms with van der Waals surface area (Å²) in [6.07, 6.45) is 2.81. The van der Waals surface area contributed by atoms with E-state index in [0.717, 1.165) is 30.4 Å². The number of carbonyl (C=O) groups is 1. The summed E-state index contributed by atoms with van der Waals surface area (Å²) in [4.78, 5) is 12.2. The van der Waals surface area contributed by atoms with Gasteiger partial charge in [-0.3, -0.25) is 4.79 Å². The molecule has 1 aromatic carbocycles. The number of aryl methyl sites for hydroxylation is 1. The van der Waals surface area contributed by atoms with Gasteiger partial charge in [-0.1, -0.05) is 13.0 Å². The first kappa shape index (κ1) is 13.3. The van der Waals surface area contributed by atoms with Crippen LogP contribution in [0.2, 0.25) is 0 Å². The van der Waals surface area contributed by atoms with Crippen molar-refractivity contribution >= 4 is 5.78 Å². The molecule has 5 atom stereocenters. The molecule has 2 saturated carbocycles. The second kappa shape index (κ2) is 4.31. The molecule has 4 rings (SSSR count). The molecule has 112 valence electrons. The molecule has 1 aromatic rings. The van der Waals surface area contributed by atoms with Crippen molar-refractivity contribution in [1.82, 2.24) is 0 Å². The minimum absolute atomic E-state index is 0.0849. The lowest BCUT2D eigenvalue weighted by Gasteiger charge is -2.49. The second-order valence-corrected chi connectivity index (χ2v) is 7.32. The molecule has 0 bridgehead atoms. The van der Waals surface area contributed by atoms with Gasteiger partial charge in [-0.2, -0.15) is 0 Å². The third-order valence-corrected chi connectivity index (χ3v) is 6.36. The van der Waals surface area contributed by atoms with Crippen LogP contribution in [0.15, 0.2) is 18.2 Å². The maximum atomic E-state index is 14.9. The van der Waals surface area contributed by atoms with Gasteiger partial charge in [0.25, 0.3) is 0 Å². The van der Waals surface area contributed by atoms with E-state index in [1.54, 1.807) is 12.1 Å². The highest BCUT2D eigenvalue weighted by atomic mass is 19.1. The molecule has 3 aliphatic carbocycles. The predicted molar refractivity (Wildman–Crippen MR) is 78.0 cm³/mol. The summed E-state index contributed by atoms with van der Waals surface area (Å²) in [5.41, 5.74) is 1.72. The van der Waals surface area contributed by atoms with Crippen LogP contribution in [0.3, 0.4) is 0 Å². The fraction of sp³-hybridized carbons (Fsp3) is 0.611. The number of phenols is 1. The van der Waals surface area contributed by atoms with Crippen molar-refractivity contribution in [3.05, 3.63) is 29.3 Å². The minimum Gasteiger partial charge on any atom is -0.508 e. The van der Waals surface area contributed by atoms with Crippen molar-refractivity contribution in [2.75, 3.05) is 0 Å². The van der Waals surface area contributed by atoms with Gasteiger partial charge >= 0.3 is 0 Å². The summed E-state index contributed by atoms with van der Waals surface area (Å²) in [7, 11) is 0. The van der Waals surface area contributed by atoms with E-state index in [1.807, 2.05) is 13.0 Å². The average Bonchev–Trinajstić information content (AvgIpc) is 2.74. The number of hydrogen-bond donors (Lipinski definition) is 1. The lowest BCUT2D eigenvalue weighted by atomic mass is 9.55. The van der Waals surface area contributed by atoms with Gasteiger partial charge in [-0.25, -0.2) is 4.39 Å². The third kappa shape index (κ3) is 1.72. The molecule has 0 aliphatic heterocycles. The number of fused-ring (bicyclic) bond motifs is 5. The van der Waals surface area contributed by atoms with Gasteiger partial charge in [0.05, 0.1) is 0 Å². The van der Waals surface area contributed by atoms with Crippen LogP contribution < -0.4 is 0 Å². The molecule has 2 nitrogen and oxygen atoms in total. The van der Waals surface area contributed by atoms with Crippen LogP contribution in [0, 0.1) is 17.3 Å². The number of Topliss-reactive ketones (excluding diaryl/α,β-unsaturated/α-hetero) is 1. The number of hydrogen-bond acceptors (Lipinski definition) is 2. The van der Waals surface area contributed by atoms with Crippen molar-refractivity contribution in [1.29, 1.82) is 0 Å². The van der Waals surface area contributed by atoms with Crippen LogP contribution in [-0.4, -0.2) is 17.1 Å². The number of alkyl halides is 1. The molecule has 0 aromatic heterocycles. The van der Waals surface area contributed by atoms with Crippen molar-refractivity contribution in [3.63, 3.8) is 0 Å². The quantitative estimate of drug-likeness (QED) is 0.789. The molecule has 21 heavy (non-hydrogen) atoms. The molecule has 0 saturated heterocycles. The Morgan fingerprint density at radius 3 is 2.90 bits per heavy atom. The number of phenolic OH excluding ortho intramolecular Hbond substituents is 1. The standard InChI is InChI=1S/C18H21FO2/c1-18-9-15(19)17-12-5-3-11(20)8-10(12)2-4-13(17)14(18)6-7-16(18)21/h3,5,8,13-15,17,20H,2,4,6-7,9H2,1H3. The van der Waals surface area contributed by atoms with Crippen LogP contribution in [-0.2, 0) is 11.2 Å². The lowest BCUT2D eigenvalue weighted by Crippen LogP contribution is -2.47. The Hall–Kier alpha value is -1.38. The van der Waals surface area contributed by atoms with E-state index in [1.165, 1.54) is 0 Å². The molecule has 5 unspecified atom stereocenters. The summed E-state index contributed by atoms with van der Waals surface area (Å²) in [5.74, 6) is 1.06. The predicted octanol–water partition coefficient (Wildman–Crippen LogP) is 3.77.